The lowest BCUT2D eigenvalue weighted by Gasteiger charge is -2.28. The van der Waals surface area contributed by atoms with Gasteiger partial charge in [-0.05, 0) is 19.1 Å². The van der Waals surface area contributed by atoms with E-state index in [9.17, 15) is 19.2 Å². The number of aromatic nitrogens is 2. The van der Waals surface area contributed by atoms with Crippen LogP contribution in [0.4, 0.5) is 0 Å². The summed E-state index contributed by atoms with van der Waals surface area (Å²) in [6.45, 7) is 0.946. The summed E-state index contributed by atoms with van der Waals surface area (Å²) in [5.41, 5.74) is -2.10. The van der Waals surface area contributed by atoms with E-state index < -0.39 is 35.2 Å². The lowest BCUT2D eigenvalue weighted by molar-refractivity contribution is -0.139. The number of para-hydroxylation sites is 1. The summed E-state index contributed by atoms with van der Waals surface area (Å²) >= 11 is 0. The number of rotatable bonds is 7. The zero-order valence-corrected chi connectivity index (χ0v) is 13.9. The number of carbonyl (C=O) groups excluding carboxylic acids is 1. The van der Waals surface area contributed by atoms with E-state index in [2.05, 4.69) is 10.3 Å². The molecule has 0 bridgehead atoms. The number of aromatic amines is 1. The number of fused-ring (bicyclic) bond motifs is 1. The maximum absolute atomic E-state index is 12.4. The van der Waals surface area contributed by atoms with Crippen molar-refractivity contribution in [1.29, 1.82) is 0 Å². The molecule has 0 aliphatic carbocycles. The highest BCUT2D eigenvalue weighted by atomic mass is 16.5. The summed E-state index contributed by atoms with van der Waals surface area (Å²) in [6, 6.07) is 6.46. The largest absolute Gasteiger partial charge is 0.481 e. The second-order valence-electron chi connectivity index (χ2n) is 5.98. The molecule has 2 rings (SSSR count). The Bertz CT molecular complexity index is 916. The normalized spacial score (nSPS) is 13.4. The smallest absolute Gasteiger partial charge is 0.329 e. The van der Waals surface area contributed by atoms with Crippen LogP contribution in [-0.2, 0) is 20.9 Å². The molecule has 0 aliphatic rings. The Morgan fingerprint density at radius 2 is 2.00 bits per heavy atom. The van der Waals surface area contributed by atoms with E-state index in [1.807, 2.05) is 0 Å². The van der Waals surface area contributed by atoms with Crippen LogP contribution in [0.3, 0.4) is 0 Å². The van der Waals surface area contributed by atoms with Crippen LogP contribution >= 0.6 is 0 Å². The van der Waals surface area contributed by atoms with E-state index >= 15 is 0 Å². The number of benzene rings is 1. The maximum Gasteiger partial charge on any atom is 0.329 e. The SMILES string of the molecule is COCC(C)(CC(=O)O)NC(=O)Cn1c(=O)[nH]c2ccccc2c1=O. The quantitative estimate of drug-likeness (QED) is 0.628. The zero-order chi connectivity index (χ0) is 18.6. The predicted molar refractivity (Wildman–Crippen MR) is 89.5 cm³/mol. The Labute approximate surface area is 142 Å². The molecule has 0 fully saturated rings. The fourth-order valence-corrected chi connectivity index (χ4v) is 2.65. The van der Waals surface area contributed by atoms with Crippen LogP contribution in [0.25, 0.3) is 10.9 Å². The number of ether oxygens (including phenoxy) is 1. The van der Waals surface area contributed by atoms with Crippen molar-refractivity contribution in [3.8, 4) is 0 Å². The molecule has 9 nitrogen and oxygen atoms in total. The van der Waals surface area contributed by atoms with Crippen LogP contribution < -0.4 is 16.6 Å². The number of methoxy groups -OCH3 is 1. The molecule has 0 saturated heterocycles. The van der Waals surface area contributed by atoms with Gasteiger partial charge in [0.05, 0.1) is 29.5 Å². The lowest BCUT2D eigenvalue weighted by atomic mass is 9.99. The van der Waals surface area contributed by atoms with Gasteiger partial charge >= 0.3 is 11.7 Å². The van der Waals surface area contributed by atoms with Gasteiger partial charge in [0.1, 0.15) is 6.54 Å². The molecule has 2 aromatic rings. The lowest BCUT2D eigenvalue weighted by Crippen LogP contribution is -2.53. The van der Waals surface area contributed by atoms with Gasteiger partial charge in [0.25, 0.3) is 5.56 Å². The van der Waals surface area contributed by atoms with E-state index in [1.54, 1.807) is 24.3 Å². The summed E-state index contributed by atoms with van der Waals surface area (Å²) in [5, 5.41) is 11.8. The standard InChI is InChI=1S/C16H19N3O6/c1-16(9-25-2,7-13(21)22)18-12(20)8-19-14(23)10-5-3-4-6-11(10)17-15(19)24/h3-6H,7-9H2,1-2H3,(H,17,24)(H,18,20)(H,21,22). The maximum atomic E-state index is 12.4. The van der Waals surface area contributed by atoms with E-state index in [0.29, 0.717) is 5.52 Å². The topological polar surface area (TPSA) is 130 Å². The molecule has 0 spiro atoms. The van der Waals surface area contributed by atoms with E-state index in [0.717, 1.165) is 4.57 Å². The van der Waals surface area contributed by atoms with Crippen molar-refractivity contribution in [2.24, 2.45) is 0 Å². The van der Waals surface area contributed by atoms with Crippen LogP contribution in [0.2, 0.25) is 0 Å². The number of amides is 1. The van der Waals surface area contributed by atoms with Crippen molar-refractivity contribution in [1.82, 2.24) is 14.9 Å². The van der Waals surface area contributed by atoms with Crippen molar-refractivity contribution in [3.05, 3.63) is 45.1 Å². The number of H-pyrrole nitrogens is 1. The van der Waals surface area contributed by atoms with E-state index in [1.165, 1.54) is 14.0 Å². The van der Waals surface area contributed by atoms with Crippen molar-refractivity contribution in [3.63, 3.8) is 0 Å². The first-order valence-electron chi connectivity index (χ1n) is 7.49. The van der Waals surface area contributed by atoms with Gasteiger partial charge < -0.3 is 20.1 Å². The second kappa shape index (κ2) is 7.31. The third-order valence-electron chi connectivity index (χ3n) is 3.64. The molecule has 1 unspecified atom stereocenters. The predicted octanol–water partition coefficient (Wildman–Crippen LogP) is -0.314. The Hall–Kier alpha value is -2.94. The van der Waals surface area contributed by atoms with Crippen molar-refractivity contribution in [2.75, 3.05) is 13.7 Å². The molecule has 1 aromatic carbocycles. The highest BCUT2D eigenvalue weighted by Crippen LogP contribution is 2.10. The monoisotopic (exact) mass is 349 g/mol. The van der Waals surface area contributed by atoms with Gasteiger partial charge in [0.15, 0.2) is 0 Å². The molecule has 1 heterocycles. The summed E-state index contributed by atoms with van der Waals surface area (Å²) in [5.74, 6) is -1.77. The van der Waals surface area contributed by atoms with Gasteiger partial charge in [-0.25, -0.2) is 4.79 Å². The number of carbonyl (C=O) groups is 2. The number of aliphatic carboxylic acids is 1. The van der Waals surface area contributed by atoms with Crippen LogP contribution in [0.5, 0.6) is 0 Å². The number of nitrogens with one attached hydrogen (secondary N) is 2. The molecule has 1 aromatic heterocycles. The first kappa shape index (κ1) is 18.4. The molecule has 3 N–H and O–H groups in total. The summed E-state index contributed by atoms with van der Waals surface area (Å²) in [6.07, 6.45) is -0.366. The average molecular weight is 349 g/mol. The molecule has 1 atom stereocenters. The van der Waals surface area contributed by atoms with Crippen LogP contribution in [0.15, 0.2) is 33.9 Å². The number of carboxylic acid groups (broad SMARTS) is 1. The molecular weight excluding hydrogens is 330 g/mol. The van der Waals surface area contributed by atoms with Gasteiger partial charge in [0, 0.05) is 7.11 Å². The highest BCUT2D eigenvalue weighted by molar-refractivity contribution is 5.80. The van der Waals surface area contributed by atoms with Crippen molar-refractivity contribution < 1.29 is 19.4 Å². The highest BCUT2D eigenvalue weighted by Gasteiger charge is 2.29. The van der Waals surface area contributed by atoms with Crippen molar-refractivity contribution >= 4 is 22.8 Å². The number of hydrogen-bond acceptors (Lipinski definition) is 5. The van der Waals surface area contributed by atoms with Gasteiger partial charge in [-0.15, -0.1) is 0 Å². The van der Waals surface area contributed by atoms with Gasteiger partial charge in [-0.1, -0.05) is 12.1 Å². The fraction of sp³-hybridized carbons (Fsp3) is 0.375. The molecule has 0 radical (unpaired) electrons. The zero-order valence-electron chi connectivity index (χ0n) is 13.9. The summed E-state index contributed by atoms with van der Waals surface area (Å²) < 4.78 is 5.72. The molecule has 1 amide bonds. The number of carboxylic acids is 1. The molecular formula is C16H19N3O6. The Kier molecular flexibility index (Phi) is 5.38. The Morgan fingerprint density at radius 1 is 1.32 bits per heavy atom. The van der Waals surface area contributed by atoms with E-state index in [-0.39, 0.29) is 18.4 Å². The number of nitrogens with zero attached hydrogens (tertiary/aromatic N) is 1. The van der Waals surface area contributed by atoms with Gasteiger partial charge in [-0.2, -0.15) is 0 Å². The van der Waals surface area contributed by atoms with Crippen LogP contribution in [-0.4, -0.2) is 45.8 Å². The molecule has 25 heavy (non-hydrogen) atoms. The minimum Gasteiger partial charge on any atom is -0.481 e. The van der Waals surface area contributed by atoms with E-state index in [4.69, 9.17) is 9.84 Å². The fourth-order valence-electron chi connectivity index (χ4n) is 2.65. The molecule has 9 heteroatoms. The first-order valence-corrected chi connectivity index (χ1v) is 7.49. The second-order valence-corrected chi connectivity index (χ2v) is 5.98. The van der Waals surface area contributed by atoms with Gasteiger partial charge in [-0.3, -0.25) is 19.0 Å². The third kappa shape index (κ3) is 4.32. The molecule has 0 aliphatic heterocycles. The summed E-state index contributed by atoms with van der Waals surface area (Å²) in [4.78, 5) is 50.2. The van der Waals surface area contributed by atoms with Crippen LogP contribution in [0.1, 0.15) is 13.3 Å². The number of hydrogen-bond donors (Lipinski definition) is 3. The van der Waals surface area contributed by atoms with Crippen LogP contribution in [0, 0.1) is 0 Å². The molecule has 0 saturated carbocycles. The summed E-state index contributed by atoms with van der Waals surface area (Å²) in [7, 11) is 1.38. The minimum atomic E-state index is -1.16. The third-order valence-corrected chi connectivity index (χ3v) is 3.64. The van der Waals surface area contributed by atoms with Crippen molar-refractivity contribution in [2.45, 2.75) is 25.4 Å². The Morgan fingerprint density at radius 3 is 2.64 bits per heavy atom. The van der Waals surface area contributed by atoms with Gasteiger partial charge in [0.2, 0.25) is 5.91 Å². The first-order chi connectivity index (χ1) is 11.8. The average Bonchev–Trinajstić information content (AvgIpc) is 2.50. The Balaban J connectivity index is 2.28. The molecule has 134 valence electrons. The minimum absolute atomic E-state index is 0.0337.